The largest absolute Gasteiger partial charge is 0.126 e. The van der Waals surface area contributed by atoms with E-state index in [1.165, 1.54) is 19.7 Å². The Hall–Kier alpha value is 9.28. The van der Waals surface area contributed by atoms with Crippen LogP contribution in [0, 0.1) is 0 Å². The molecule has 0 radical (unpaired) electrons. The van der Waals surface area contributed by atoms with Gasteiger partial charge in [-0.3, -0.25) is 0 Å². The monoisotopic (exact) mass is 921 g/mol. The van der Waals surface area contributed by atoms with Crippen molar-refractivity contribution in [1.82, 2.24) is 0 Å². The van der Waals surface area contributed by atoms with E-state index in [-0.39, 0.29) is 0 Å². The van der Waals surface area contributed by atoms with Crippen LogP contribution >= 0.6 is 287 Å². The van der Waals surface area contributed by atoms with E-state index in [0.29, 0.717) is 0 Å². The zero-order valence-electron chi connectivity index (χ0n) is 12.5. The van der Waals surface area contributed by atoms with E-state index in [4.69, 9.17) is 24.4 Å². The maximum atomic E-state index is 5.38. The standard InChI is InChI=1S/C2H2S28/c3-1(9-13-17-21-25-29-27-23-19-15-11-5)7-8-2(4)10-14-18-22-26-30-28-24-20-16-12-6/h5-6H. The number of rotatable bonds is 20. The summed E-state index contributed by atoms with van der Waals surface area (Å²) in [4.78, 5) is 0. The van der Waals surface area contributed by atoms with Crippen LogP contribution in [0.3, 0.4) is 0 Å². The van der Waals surface area contributed by atoms with Crippen molar-refractivity contribution < 1.29 is 0 Å². The highest BCUT2D eigenvalue weighted by atomic mass is 34.0. The van der Waals surface area contributed by atoms with Crippen molar-refractivity contribution >= 4 is 295 Å². The fourth-order valence-electron chi connectivity index (χ4n) is 0.363. The molecule has 0 unspecified atom stereocenters. The Labute approximate surface area is 287 Å². The summed E-state index contributed by atoms with van der Waals surface area (Å²) in [6.07, 6.45) is 0. The SMILES string of the molecule is S=C(SSSSSSSSSSSS)SSC(=S)SSSSSSSSSSSS. The highest BCUT2D eigenvalue weighted by Crippen LogP contribution is 2.62. The Kier molecular flexibility index (Phi) is 45.1. The van der Waals surface area contributed by atoms with E-state index in [1.807, 2.05) is 0 Å². The first-order chi connectivity index (χ1) is 14.7. The van der Waals surface area contributed by atoms with Gasteiger partial charge in [0, 0.05) is 0 Å². The van der Waals surface area contributed by atoms with E-state index in [1.54, 1.807) is 220 Å². The molecule has 178 valence electrons. The molecule has 0 aromatic rings. The average Bonchev–Trinajstić information content (AvgIpc) is 2.75. The van der Waals surface area contributed by atoms with Crippen molar-refractivity contribution in [3.05, 3.63) is 0 Å². The van der Waals surface area contributed by atoms with E-state index < -0.39 is 0 Å². The van der Waals surface area contributed by atoms with Crippen molar-refractivity contribution in [2.75, 3.05) is 0 Å². The molecule has 0 rings (SSSR count). The smallest absolute Gasteiger partial charge is 0.0988 e. The van der Waals surface area contributed by atoms with Gasteiger partial charge in [-0.15, -0.1) is 0 Å². The molecular formula is C2H2S28. The summed E-state index contributed by atoms with van der Waals surface area (Å²) in [5, 5.41) is 0. The van der Waals surface area contributed by atoms with Crippen molar-refractivity contribution in [3.63, 3.8) is 0 Å². The third-order valence-corrected chi connectivity index (χ3v) is 50.5. The highest BCUT2D eigenvalue weighted by molar-refractivity contribution is 9.56. The number of hydrogen-bond donors (Lipinski definition) is 2. The average molecular weight is 924 g/mol. The molecule has 0 saturated carbocycles. The van der Waals surface area contributed by atoms with Gasteiger partial charge in [-0.1, -0.05) is 47.8 Å². The van der Waals surface area contributed by atoms with E-state index in [9.17, 15) is 0 Å². The molecule has 0 atom stereocenters. The van der Waals surface area contributed by atoms with Crippen LogP contribution in [0.25, 0.3) is 0 Å². The minimum absolute atomic E-state index is 0.891. The van der Waals surface area contributed by atoms with Gasteiger partial charge in [0.2, 0.25) is 0 Å². The molecule has 0 saturated heterocycles. The molecule has 0 aromatic carbocycles. The Morgan fingerprint density at radius 1 is 0.333 bits per heavy atom. The molecular weight excluding hydrogens is 922 g/mol. The summed E-state index contributed by atoms with van der Waals surface area (Å²) >= 11 is 18.9. The van der Waals surface area contributed by atoms with Gasteiger partial charge in [0.05, 0.1) is 0 Å². The third-order valence-electron chi connectivity index (χ3n) is 0.887. The Balaban J connectivity index is 3.31. The van der Waals surface area contributed by atoms with Crippen LogP contribution in [0.15, 0.2) is 0 Å². The van der Waals surface area contributed by atoms with Gasteiger partial charge in [-0.25, -0.2) is 0 Å². The topological polar surface area (TPSA) is 0 Å². The highest BCUT2D eigenvalue weighted by Gasteiger charge is 2.07. The normalized spacial score (nSPS) is 11.1. The van der Waals surface area contributed by atoms with Crippen LogP contribution in [-0.2, 0) is 0 Å². The molecule has 0 fully saturated rings. The second kappa shape index (κ2) is 34.5. The van der Waals surface area contributed by atoms with Gasteiger partial charge in [0.1, 0.15) is 7.06 Å². The van der Waals surface area contributed by atoms with Crippen LogP contribution in [0.1, 0.15) is 0 Å². The van der Waals surface area contributed by atoms with Crippen molar-refractivity contribution in [2.45, 2.75) is 0 Å². The zero-order chi connectivity index (χ0) is 22.1. The first-order valence-electron chi connectivity index (χ1n) is 5.09. The zero-order valence-corrected chi connectivity index (χ0v) is 35.5. The van der Waals surface area contributed by atoms with Crippen molar-refractivity contribution in [2.24, 2.45) is 0 Å². The maximum Gasteiger partial charge on any atom is 0.126 e. The van der Waals surface area contributed by atoms with Crippen LogP contribution in [0.5, 0.6) is 0 Å². The molecule has 0 nitrogen and oxygen atoms in total. The van der Waals surface area contributed by atoms with Gasteiger partial charge >= 0.3 is 0 Å². The summed E-state index contributed by atoms with van der Waals surface area (Å²) in [6, 6.07) is 0. The Bertz CT molecular complexity index is 339. The molecule has 0 aliphatic carbocycles. The number of thiocarbonyl (C=S) groups is 2. The maximum absolute atomic E-state index is 5.38. The molecule has 30 heavy (non-hydrogen) atoms. The van der Waals surface area contributed by atoms with Gasteiger partial charge in [0.15, 0.2) is 0 Å². The quantitative estimate of drug-likeness (QED) is 0.0515. The minimum Gasteiger partial charge on any atom is -0.0988 e. The van der Waals surface area contributed by atoms with E-state index >= 15 is 0 Å². The van der Waals surface area contributed by atoms with Gasteiger partial charge in [-0.05, 0) is 240 Å². The summed E-state index contributed by atoms with van der Waals surface area (Å²) in [5.74, 6) is 0. The van der Waals surface area contributed by atoms with E-state index in [2.05, 4.69) is 23.3 Å². The number of thiol groups is 2. The van der Waals surface area contributed by atoms with Crippen LogP contribution in [0.2, 0.25) is 0 Å². The first kappa shape index (κ1) is 39.3. The lowest BCUT2D eigenvalue weighted by molar-refractivity contribution is 4.14. The predicted molar refractivity (Wildman–Crippen MR) is 225 cm³/mol. The molecule has 28 heteroatoms. The van der Waals surface area contributed by atoms with Crippen molar-refractivity contribution in [1.29, 1.82) is 0 Å². The lowest BCUT2D eigenvalue weighted by atomic mass is 11.9. The lowest BCUT2D eigenvalue weighted by Gasteiger charge is -2.02. The summed E-state index contributed by atoms with van der Waals surface area (Å²) in [6.45, 7) is 0. The second-order valence-corrected chi connectivity index (χ2v) is 44.6. The van der Waals surface area contributed by atoms with Crippen LogP contribution in [-0.4, -0.2) is 7.06 Å². The fraction of sp³-hybridized carbons (Fsp3) is 0. The Morgan fingerprint density at radius 2 is 0.567 bits per heavy atom. The molecule has 0 amide bonds. The molecule has 0 heterocycles. The lowest BCUT2D eigenvalue weighted by Crippen LogP contribution is -1.74. The first-order valence-corrected chi connectivity index (χ1v) is 38.5. The molecule has 0 aliphatic rings. The predicted octanol–water partition coefficient (Wildman–Crippen LogP) is 17.1. The third kappa shape index (κ3) is 33.5. The molecule has 0 bridgehead atoms. The van der Waals surface area contributed by atoms with Gasteiger partial charge in [-0.2, -0.15) is 0 Å². The fourth-order valence-corrected chi connectivity index (χ4v) is 55.5. The molecule has 0 aliphatic heterocycles. The van der Waals surface area contributed by atoms with Crippen LogP contribution < -0.4 is 0 Å². The minimum atomic E-state index is 0.891. The molecule has 0 N–H and O–H groups in total. The molecule has 0 aromatic heterocycles. The van der Waals surface area contributed by atoms with Gasteiger partial charge < -0.3 is 0 Å². The molecule has 0 spiro atoms. The van der Waals surface area contributed by atoms with Crippen LogP contribution in [0.4, 0.5) is 0 Å². The second-order valence-electron chi connectivity index (χ2n) is 2.21. The van der Waals surface area contributed by atoms with Gasteiger partial charge in [0.25, 0.3) is 0 Å². The van der Waals surface area contributed by atoms with Crippen molar-refractivity contribution in [3.8, 4) is 0 Å². The number of hydrogen-bond acceptors (Lipinski definition) is 28. The van der Waals surface area contributed by atoms with E-state index in [0.717, 1.165) is 7.06 Å². The summed E-state index contributed by atoms with van der Waals surface area (Å²) in [7, 11) is 40.4. The summed E-state index contributed by atoms with van der Waals surface area (Å²) < 4.78 is 1.78. The Morgan fingerprint density at radius 3 is 0.833 bits per heavy atom. The summed E-state index contributed by atoms with van der Waals surface area (Å²) in [5.41, 5.74) is 0.